The van der Waals surface area contributed by atoms with E-state index >= 15 is 0 Å². The normalized spacial score (nSPS) is 21.0. The molecule has 0 saturated carbocycles. The molecule has 1 aromatic rings. The van der Waals surface area contributed by atoms with Gasteiger partial charge in [0.25, 0.3) is 0 Å². The van der Waals surface area contributed by atoms with Crippen molar-refractivity contribution in [3.63, 3.8) is 0 Å². The molecule has 0 fully saturated rings. The number of hydrogen-bond donors (Lipinski definition) is 2. The number of nitrogen functional groups attached to an aromatic ring is 1. The van der Waals surface area contributed by atoms with Crippen molar-refractivity contribution in [1.82, 2.24) is 0 Å². The van der Waals surface area contributed by atoms with E-state index in [0.29, 0.717) is 0 Å². The number of fused-ring (bicyclic) bond motifs is 1. The predicted octanol–water partition coefficient (Wildman–Crippen LogP) is 1.98. The zero-order valence-electron chi connectivity index (χ0n) is 6.68. The van der Waals surface area contributed by atoms with Crippen molar-refractivity contribution >= 4 is 21.6 Å². The summed E-state index contributed by atoms with van der Waals surface area (Å²) < 4.78 is 0.991. The standard InChI is InChI=1S/C9H11BrN2/c10-9-7(12)4-2-5-1-3-6(11)8(5)9/h2,4,6H,1,3,11-12H2/t6-/m0/s1. The molecule has 0 heterocycles. The molecule has 0 aromatic heterocycles. The van der Waals surface area contributed by atoms with Crippen LogP contribution < -0.4 is 11.5 Å². The highest BCUT2D eigenvalue weighted by atomic mass is 79.9. The lowest BCUT2D eigenvalue weighted by atomic mass is 10.1. The van der Waals surface area contributed by atoms with Gasteiger partial charge >= 0.3 is 0 Å². The Morgan fingerprint density at radius 2 is 2.17 bits per heavy atom. The minimum Gasteiger partial charge on any atom is -0.398 e. The van der Waals surface area contributed by atoms with Crippen molar-refractivity contribution < 1.29 is 0 Å². The van der Waals surface area contributed by atoms with Crippen LogP contribution in [0.15, 0.2) is 16.6 Å². The average molecular weight is 227 g/mol. The molecule has 64 valence electrons. The van der Waals surface area contributed by atoms with Crippen molar-refractivity contribution in [1.29, 1.82) is 0 Å². The van der Waals surface area contributed by atoms with Gasteiger partial charge in [0.1, 0.15) is 0 Å². The van der Waals surface area contributed by atoms with Crippen LogP contribution in [-0.2, 0) is 6.42 Å². The first kappa shape index (κ1) is 8.08. The molecule has 0 radical (unpaired) electrons. The number of nitrogens with two attached hydrogens (primary N) is 2. The molecule has 1 atom stereocenters. The Morgan fingerprint density at radius 1 is 1.42 bits per heavy atom. The van der Waals surface area contributed by atoms with Crippen LogP contribution in [0, 0.1) is 0 Å². The van der Waals surface area contributed by atoms with Gasteiger partial charge in [0.2, 0.25) is 0 Å². The molecule has 0 amide bonds. The highest BCUT2D eigenvalue weighted by molar-refractivity contribution is 9.10. The topological polar surface area (TPSA) is 52.0 Å². The molecule has 2 nitrogen and oxygen atoms in total. The van der Waals surface area contributed by atoms with Gasteiger partial charge in [-0.1, -0.05) is 6.07 Å². The van der Waals surface area contributed by atoms with E-state index in [0.717, 1.165) is 23.0 Å². The van der Waals surface area contributed by atoms with Gasteiger partial charge in [-0.3, -0.25) is 0 Å². The number of halogens is 1. The Labute approximate surface area is 80.1 Å². The summed E-state index contributed by atoms with van der Waals surface area (Å²) in [6, 6.07) is 4.17. The largest absolute Gasteiger partial charge is 0.398 e. The van der Waals surface area contributed by atoms with Crippen LogP contribution in [0.25, 0.3) is 0 Å². The van der Waals surface area contributed by atoms with Gasteiger partial charge < -0.3 is 11.5 Å². The van der Waals surface area contributed by atoms with E-state index in [1.165, 1.54) is 11.1 Å². The van der Waals surface area contributed by atoms with Crippen LogP contribution in [0.2, 0.25) is 0 Å². The molecule has 4 N–H and O–H groups in total. The van der Waals surface area contributed by atoms with E-state index in [2.05, 4.69) is 22.0 Å². The van der Waals surface area contributed by atoms with E-state index in [1.807, 2.05) is 6.07 Å². The second-order valence-corrected chi connectivity index (χ2v) is 3.98. The first-order valence-corrected chi connectivity index (χ1v) is 4.82. The Morgan fingerprint density at radius 3 is 2.92 bits per heavy atom. The number of anilines is 1. The molecule has 0 spiro atoms. The number of aryl methyl sites for hydroxylation is 1. The lowest BCUT2D eigenvalue weighted by molar-refractivity contribution is 0.711. The van der Waals surface area contributed by atoms with E-state index in [1.54, 1.807) is 0 Å². The molecule has 12 heavy (non-hydrogen) atoms. The van der Waals surface area contributed by atoms with Gasteiger partial charge in [0, 0.05) is 16.2 Å². The maximum absolute atomic E-state index is 5.93. The molecular weight excluding hydrogens is 216 g/mol. The maximum Gasteiger partial charge on any atom is 0.0462 e. The fraction of sp³-hybridized carbons (Fsp3) is 0.333. The Balaban J connectivity index is 2.63. The Hall–Kier alpha value is -0.540. The highest BCUT2D eigenvalue weighted by Crippen LogP contribution is 2.37. The van der Waals surface area contributed by atoms with Crippen LogP contribution in [-0.4, -0.2) is 0 Å². The third-order valence-corrected chi connectivity index (χ3v) is 3.28. The second-order valence-electron chi connectivity index (χ2n) is 3.19. The summed E-state index contributed by atoms with van der Waals surface area (Å²) in [5, 5.41) is 0. The molecule has 1 aromatic carbocycles. The molecule has 0 saturated heterocycles. The number of benzene rings is 1. The third kappa shape index (κ3) is 1.04. The summed E-state index contributed by atoms with van der Waals surface area (Å²) in [6.07, 6.45) is 2.12. The average Bonchev–Trinajstić information content (AvgIpc) is 2.41. The van der Waals surface area contributed by atoms with Crippen LogP contribution in [0.5, 0.6) is 0 Å². The minimum absolute atomic E-state index is 0.165. The van der Waals surface area contributed by atoms with Crippen molar-refractivity contribution in [2.45, 2.75) is 18.9 Å². The fourth-order valence-corrected chi connectivity index (χ4v) is 2.40. The summed E-state index contributed by atoms with van der Waals surface area (Å²) in [4.78, 5) is 0. The van der Waals surface area contributed by atoms with Gasteiger partial charge in [-0.05, 0) is 46.0 Å². The Kier molecular flexibility index (Phi) is 1.85. The van der Waals surface area contributed by atoms with Crippen molar-refractivity contribution in [3.05, 3.63) is 27.7 Å². The summed E-state index contributed by atoms with van der Waals surface area (Å²) in [5.41, 5.74) is 15.0. The van der Waals surface area contributed by atoms with E-state index in [4.69, 9.17) is 11.5 Å². The first-order valence-electron chi connectivity index (χ1n) is 4.02. The third-order valence-electron chi connectivity index (χ3n) is 2.40. The molecule has 1 aliphatic rings. The molecule has 1 aliphatic carbocycles. The lowest BCUT2D eigenvalue weighted by Crippen LogP contribution is -2.06. The van der Waals surface area contributed by atoms with Crippen LogP contribution in [0.4, 0.5) is 5.69 Å². The van der Waals surface area contributed by atoms with Crippen molar-refractivity contribution in [3.8, 4) is 0 Å². The molecule has 3 heteroatoms. The van der Waals surface area contributed by atoms with Gasteiger partial charge in [-0.15, -0.1) is 0 Å². The Bertz CT molecular complexity index is 323. The zero-order valence-corrected chi connectivity index (χ0v) is 8.26. The van der Waals surface area contributed by atoms with Gasteiger partial charge in [0.05, 0.1) is 0 Å². The van der Waals surface area contributed by atoms with Gasteiger partial charge in [0.15, 0.2) is 0 Å². The van der Waals surface area contributed by atoms with E-state index in [-0.39, 0.29) is 6.04 Å². The molecule has 2 rings (SSSR count). The first-order chi connectivity index (χ1) is 5.70. The van der Waals surface area contributed by atoms with Crippen molar-refractivity contribution in [2.75, 3.05) is 5.73 Å². The quantitative estimate of drug-likeness (QED) is 0.666. The molecule has 0 aliphatic heterocycles. The smallest absolute Gasteiger partial charge is 0.0462 e. The number of rotatable bonds is 0. The molecular formula is C9H11BrN2. The van der Waals surface area contributed by atoms with Crippen LogP contribution >= 0.6 is 15.9 Å². The number of hydrogen-bond acceptors (Lipinski definition) is 2. The van der Waals surface area contributed by atoms with E-state index in [9.17, 15) is 0 Å². The minimum atomic E-state index is 0.165. The SMILES string of the molecule is Nc1ccc2c(c1Br)[C@@H](N)CC2. The monoisotopic (exact) mass is 226 g/mol. The van der Waals surface area contributed by atoms with Gasteiger partial charge in [-0.25, -0.2) is 0 Å². The summed E-state index contributed by atoms with van der Waals surface area (Å²) >= 11 is 3.47. The van der Waals surface area contributed by atoms with Crippen LogP contribution in [0.1, 0.15) is 23.6 Å². The van der Waals surface area contributed by atoms with E-state index < -0.39 is 0 Å². The fourth-order valence-electron chi connectivity index (χ4n) is 1.72. The summed E-state index contributed by atoms with van der Waals surface area (Å²) in [6.45, 7) is 0. The van der Waals surface area contributed by atoms with Crippen molar-refractivity contribution in [2.24, 2.45) is 5.73 Å². The highest BCUT2D eigenvalue weighted by Gasteiger charge is 2.22. The maximum atomic E-state index is 5.93. The second kappa shape index (κ2) is 2.75. The lowest BCUT2D eigenvalue weighted by Gasteiger charge is -2.09. The zero-order chi connectivity index (χ0) is 8.72. The summed E-state index contributed by atoms with van der Waals surface area (Å²) in [7, 11) is 0. The van der Waals surface area contributed by atoms with Gasteiger partial charge in [-0.2, -0.15) is 0 Å². The summed E-state index contributed by atoms with van der Waals surface area (Å²) in [5.74, 6) is 0. The molecule has 0 unspecified atom stereocenters. The molecule has 0 bridgehead atoms. The predicted molar refractivity (Wildman–Crippen MR) is 53.8 cm³/mol. The van der Waals surface area contributed by atoms with Crippen LogP contribution in [0.3, 0.4) is 0 Å².